The Bertz CT molecular complexity index is 793. The summed E-state index contributed by atoms with van der Waals surface area (Å²) in [5, 5.41) is 0. The largest absolute Gasteiger partial charge is 0.465 e. The topological polar surface area (TPSA) is 78.4 Å². The third kappa shape index (κ3) is 3.76. The summed E-state index contributed by atoms with van der Waals surface area (Å²) in [6.45, 7) is 1.74. The number of nitrogens with zero attached hydrogens (tertiary/aromatic N) is 2. The number of esters is 2. The Morgan fingerprint density at radius 1 is 0.957 bits per heavy atom. The van der Waals surface area contributed by atoms with Crippen molar-refractivity contribution < 1.29 is 19.1 Å². The van der Waals surface area contributed by atoms with E-state index < -0.39 is 11.9 Å². The van der Waals surface area contributed by atoms with E-state index in [-0.39, 0.29) is 0 Å². The molecule has 120 valence electrons. The summed E-state index contributed by atoms with van der Waals surface area (Å²) >= 11 is 6.53. The molecule has 0 N–H and O–H groups in total. The minimum absolute atomic E-state index is 0.324. The molecule has 0 amide bonds. The molecule has 0 aliphatic carbocycles. The average molecular weight is 444 g/mol. The summed E-state index contributed by atoms with van der Waals surface area (Å²) in [7, 11) is 2.61. The molecule has 0 saturated carbocycles. The molecule has 0 spiro atoms. The molecule has 0 radical (unpaired) electrons. The molecule has 0 atom stereocenters. The van der Waals surface area contributed by atoms with Gasteiger partial charge in [0.2, 0.25) is 0 Å². The van der Waals surface area contributed by atoms with Gasteiger partial charge in [-0.05, 0) is 62.5 Å². The molecule has 0 unspecified atom stereocenters. The molecular weight excluding hydrogens is 432 g/mol. The van der Waals surface area contributed by atoms with Crippen molar-refractivity contribution in [3.63, 3.8) is 0 Å². The fourth-order valence-electron chi connectivity index (χ4n) is 2.00. The highest BCUT2D eigenvalue weighted by Crippen LogP contribution is 2.28. The first kappa shape index (κ1) is 17.6. The highest BCUT2D eigenvalue weighted by atomic mass is 79.9. The molecule has 0 saturated heterocycles. The molecule has 0 bridgehead atoms. The van der Waals surface area contributed by atoms with Gasteiger partial charge in [0.1, 0.15) is 9.21 Å². The molecule has 2 rings (SSSR count). The summed E-state index contributed by atoms with van der Waals surface area (Å²) in [4.78, 5) is 32.3. The van der Waals surface area contributed by atoms with Gasteiger partial charge in [-0.1, -0.05) is 0 Å². The monoisotopic (exact) mass is 442 g/mol. The molecule has 23 heavy (non-hydrogen) atoms. The van der Waals surface area contributed by atoms with Crippen LogP contribution >= 0.6 is 31.9 Å². The summed E-state index contributed by atoms with van der Waals surface area (Å²) in [6.07, 6.45) is 0. The number of hydrogen-bond acceptors (Lipinski definition) is 6. The normalized spacial score (nSPS) is 10.3. The SMILES string of the molecule is COC(=O)c1cc(Br)nc(-c2nc(Br)cc(C(=O)OC)c2C)c1. The smallest absolute Gasteiger partial charge is 0.338 e. The van der Waals surface area contributed by atoms with Crippen LogP contribution in [0.1, 0.15) is 26.3 Å². The second-order valence-corrected chi connectivity index (χ2v) is 6.14. The molecule has 6 nitrogen and oxygen atoms in total. The summed E-state index contributed by atoms with van der Waals surface area (Å²) in [5.74, 6) is -0.967. The van der Waals surface area contributed by atoms with Crippen molar-refractivity contribution in [2.75, 3.05) is 14.2 Å². The number of aromatic nitrogens is 2. The van der Waals surface area contributed by atoms with Gasteiger partial charge >= 0.3 is 11.9 Å². The minimum Gasteiger partial charge on any atom is -0.465 e. The van der Waals surface area contributed by atoms with Crippen LogP contribution in [0.5, 0.6) is 0 Å². The van der Waals surface area contributed by atoms with Crippen molar-refractivity contribution in [1.29, 1.82) is 0 Å². The third-order valence-corrected chi connectivity index (χ3v) is 3.92. The molecule has 2 heterocycles. The van der Waals surface area contributed by atoms with Crippen LogP contribution in [-0.2, 0) is 9.47 Å². The molecule has 2 aromatic heterocycles. The van der Waals surface area contributed by atoms with Gasteiger partial charge < -0.3 is 9.47 Å². The quantitative estimate of drug-likeness (QED) is 0.533. The lowest BCUT2D eigenvalue weighted by molar-refractivity contribution is 0.0591. The van der Waals surface area contributed by atoms with Gasteiger partial charge in [-0.2, -0.15) is 0 Å². The Balaban J connectivity index is 2.67. The summed E-state index contributed by atoms with van der Waals surface area (Å²) < 4.78 is 10.4. The second kappa shape index (κ2) is 7.18. The van der Waals surface area contributed by atoms with Crippen LogP contribution in [0.4, 0.5) is 0 Å². The highest BCUT2D eigenvalue weighted by Gasteiger charge is 2.19. The minimum atomic E-state index is -0.491. The molecule has 0 aromatic carbocycles. The first-order chi connectivity index (χ1) is 10.9. The van der Waals surface area contributed by atoms with E-state index in [0.29, 0.717) is 37.3 Å². The maximum absolute atomic E-state index is 11.9. The van der Waals surface area contributed by atoms with Crippen molar-refractivity contribution in [2.24, 2.45) is 0 Å². The number of methoxy groups -OCH3 is 2. The van der Waals surface area contributed by atoms with Crippen molar-refractivity contribution in [2.45, 2.75) is 6.92 Å². The zero-order valence-electron chi connectivity index (χ0n) is 12.5. The number of carbonyl (C=O) groups is 2. The molecule has 0 aliphatic rings. The fourth-order valence-corrected chi connectivity index (χ4v) is 2.85. The predicted octanol–water partition coefficient (Wildman–Crippen LogP) is 3.55. The van der Waals surface area contributed by atoms with E-state index in [1.165, 1.54) is 14.2 Å². The highest BCUT2D eigenvalue weighted by molar-refractivity contribution is 9.10. The van der Waals surface area contributed by atoms with Crippen LogP contribution < -0.4 is 0 Å². The van der Waals surface area contributed by atoms with Gasteiger partial charge in [-0.25, -0.2) is 19.6 Å². The molecule has 8 heteroatoms. The Morgan fingerprint density at radius 3 is 2.17 bits per heavy atom. The van der Waals surface area contributed by atoms with Crippen molar-refractivity contribution in [1.82, 2.24) is 9.97 Å². The number of carbonyl (C=O) groups excluding carboxylic acids is 2. The molecule has 0 aliphatic heterocycles. The van der Waals surface area contributed by atoms with Crippen LogP contribution in [-0.4, -0.2) is 36.1 Å². The van der Waals surface area contributed by atoms with Gasteiger partial charge in [0.25, 0.3) is 0 Å². The number of ether oxygens (including phenoxy) is 2. The van der Waals surface area contributed by atoms with Gasteiger partial charge in [0, 0.05) is 0 Å². The number of pyridine rings is 2. The van der Waals surface area contributed by atoms with E-state index in [1.807, 2.05) is 0 Å². The Morgan fingerprint density at radius 2 is 1.57 bits per heavy atom. The van der Waals surface area contributed by atoms with Crippen LogP contribution in [0.15, 0.2) is 27.4 Å². The van der Waals surface area contributed by atoms with Gasteiger partial charge in [0.15, 0.2) is 0 Å². The van der Waals surface area contributed by atoms with Crippen molar-refractivity contribution in [3.8, 4) is 11.4 Å². The number of halogens is 2. The standard InChI is InChI=1S/C15H12Br2N2O4/c1-7-9(15(21)23-3)6-12(17)19-13(7)10-4-8(14(20)22-2)5-11(16)18-10/h4-6H,1-3H3. The Hall–Kier alpha value is -1.80. The van der Waals surface area contributed by atoms with E-state index in [0.717, 1.165) is 0 Å². The van der Waals surface area contributed by atoms with Crippen molar-refractivity contribution >= 4 is 43.8 Å². The first-order valence-corrected chi connectivity index (χ1v) is 7.97. The number of hydrogen-bond donors (Lipinski definition) is 0. The maximum atomic E-state index is 11.9. The lowest BCUT2D eigenvalue weighted by Crippen LogP contribution is -2.08. The van der Waals surface area contributed by atoms with E-state index in [9.17, 15) is 9.59 Å². The van der Waals surface area contributed by atoms with Crippen molar-refractivity contribution in [3.05, 3.63) is 44.1 Å². The van der Waals surface area contributed by atoms with Crippen LogP contribution in [0.2, 0.25) is 0 Å². The molecular formula is C15H12Br2N2O4. The molecule has 0 fully saturated rings. The Labute approximate surface area is 149 Å². The fraction of sp³-hybridized carbons (Fsp3) is 0.200. The lowest BCUT2D eigenvalue weighted by atomic mass is 10.0. The molecule has 2 aromatic rings. The summed E-state index contributed by atoms with van der Waals surface area (Å²) in [5.41, 5.74) is 2.19. The van der Waals surface area contributed by atoms with Crippen LogP contribution in [0.25, 0.3) is 11.4 Å². The van der Waals surface area contributed by atoms with E-state index in [2.05, 4.69) is 41.8 Å². The maximum Gasteiger partial charge on any atom is 0.338 e. The zero-order valence-corrected chi connectivity index (χ0v) is 15.7. The van der Waals surface area contributed by atoms with Gasteiger partial charge in [-0.3, -0.25) is 0 Å². The van der Waals surface area contributed by atoms with E-state index in [1.54, 1.807) is 25.1 Å². The Kier molecular flexibility index (Phi) is 5.48. The van der Waals surface area contributed by atoms with Crippen LogP contribution in [0, 0.1) is 6.92 Å². The van der Waals surface area contributed by atoms with Crippen LogP contribution in [0.3, 0.4) is 0 Å². The first-order valence-electron chi connectivity index (χ1n) is 6.39. The third-order valence-electron chi connectivity index (χ3n) is 3.10. The zero-order chi connectivity index (χ0) is 17.1. The average Bonchev–Trinajstić information content (AvgIpc) is 2.54. The lowest BCUT2D eigenvalue weighted by Gasteiger charge is -2.11. The van der Waals surface area contributed by atoms with Gasteiger partial charge in [-0.15, -0.1) is 0 Å². The van der Waals surface area contributed by atoms with Gasteiger partial charge in [0.05, 0.1) is 36.7 Å². The predicted molar refractivity (Wildman–Crippen MR) is 90.3 cm³/mol. The summed E-state index contributed by atoms with van der Waals surface area (Å²) in [6, 6.07) is 4.67. The van der Waals surface area contributed by atoms with E-state index >= 15 is 0 Å². The number of rotatable bonds is 3. The van der Waals surface area contributed by atoms with E-state index in [4.69, 9.17) is 9.47 Å². The second-order valence-electron chi connectivity index (χ2n) is 4.51.